The first-order chi connectivity index (χ1) is 7.58. The standard InChI is InChI=1S/C10H13Br2NO2S/c1-2-13(3-4-14)6-8(15)7-5-9(11)16-10(7)12/h5,14H,2-4,6H2,1H3. The minimum atomic E-state index is 0.0733. The van der Waals surface area contributed by atoms with Gasteiger partial charge in [-0.15, -0.1) is 11.3 Å². The molecule has 1 aromatic heterocycles. The zero-order chi connectivity index (χ0) is 12.1. The van der Waals surface area contributed by atoms with Crippen LogP contribution in [0.4, 0.5) is 0 Å². The van der Waals surface area contributed by atoms with Crippen LogP contribution in [0.15, 0.2) is 13.6 Å². The number of carbonyl (C=O) groups is 1. The predicted octanol–water partition coefficient (Wildman–Crippen LogP) is 2.77. The molecule has 1 aromatic rings. The molecule has 0 saturated carbocycles. The van der Waals surface area contributed by atoms with Gasteiger partial charge in [0.25, 0.3) is 0 Å². The van der Waals surface area contributed by atoms with Crippen LogP contribution in [0.1, 0.15) is 17.3 Å². The van der Waals surface area contributed by atoms with Crippen molar-refractivity contribution in [2.24, 2.45) is 0 Å². The van der Waals surface area contributed by atoms with E-state index in [2.05, 4.69) is 31.9 Å². The Balaban J connectivity index is 2.67. The molecule has 1 heterocycles. The van der Waals surface area contributed by atoms with Crippen LogP contribution in [0.3, 0.4) is 0 Å². The van der Waals surface area contributed by atoms with Crippen LogP contribution in [-0.4, -0.2) is 42.0 Å². The van der Waals surface area contributed by atoms with Gasteiger partial charge in [0.05, 0.1) is 20.7 Å². The molecule has 0 bridgehead atoms. The van der Waals surface area contributed by atoms with E-state index in [1.807, 2.05) is 17.9 Å². The summed E-state index contributed by atoms with van der Waals surface area (Å²) < 4.78 is 1.79. The Bertz CT molecular complexity index is 368. The molecule has 1 N–H and O–H groups in total. The Hall–Kier alpha value is 0.250. The van der Waals surface area contributed by atoms with Crippen LogP contribution >= 0.6 is 43.2 Å². The zero-order valence-corrected chi connectivity index (χ0v) is 12.9. The van der Waals surface area contributed by atoms with Crippen molar-refractivity contribution < 1.29 is 9.90 Å². The van der Waals surface area contributed by atoms with Crippen molar-refractivity contribution in [3.05, 3.63) is 19.2 Å². The van der Waals surface area contributed by atoms with E-state index in [0.717, 1.165) is 14.1 Å². The van der Waals surface area contributed by atoms with Gasteiger partial charge in [-0.3, -0.25) is 9.69 Å². The van der Waals surface area contributed by atoms with E-state index in [1.54, 1.807) is 0 Å². The molecule has 16 heavy (non-hydrogen) atoms. The van der Waals surface area contributed by atoms with Gasteiger partial charge in [-0.1, -0.05) is 6.92 Å². The Labute approximate surface area is 116 Å². The topological polar surface area (TPSA) is 40.5 Å². The second kappa shape index (κ2) is 6.86. The first kappa shape index (κ1) is 14.3. The lowest BCUT2D eigenvalue weighted by Gasteiger charge is -2.17. The number of ketones is 1. The van der Waals surface area contributed by atoms with Crippen LogP contribution in [0.2, 0.25) is 0 Å². The third-order valence-corrected chi connectivity index (χ3v) is 4.53. The number of hydrogen-bond donors (Lipinski definition) is 1. The van der Waals surface area contributed by atoms with Crippen LogP contribution in [0.5, 0.6) is 0 Å². The summed E-state index contributed by atoms with van der Waals surface area (Å²) in [6, 6.07) is 1.82. The largest absolute Gasteiger partial charge is 0.395 e. The number of nitrogens with zero attached hydrogens (tertiary/aromatic N) is 1. The number of Topliss-reactive ketones (excluding diaryl/α,β-unsaturated/α-hetero) is 1. The summed E-state index contributed by atoms with van der Waals surface area (Å²) in [5, 5.41) is 8.84. The van der Waals surface area contributed by atoms with Crippen molar-refractivity contribution in [2.75, 3.05) is 26.2 Å². The van der Waals surface area contributed by atoms with Gasteiger partial charge in [-0.2, -0.15) is 0 Å². The predicted molar refractivity (Wildman–Crippen MR) is 73.2 cm³/mol. The number of rotatable bonds is 6. The summed E-state index contributed by atoms with van der Waals surface area (Å²) in [6.45, 7) is 3.69. The summed E-state index contributed by atoms with van der Waals surface area (Å²) in [7, 11) is 0. The van der Waals surface area contributed by atoms with Crippen molar-refractivity contribution in [3.63, 3.8) is 0 Å². The second-order valence-electron chi connectivity index (χ2n) is 3.25. The second-order valence-corrected chi connectivity index (χ2v) is 7.00. The molecule has 0 aliphatic heterocycles. The van der Waals surface area contributed by atoms with Crippen LogP contribution in [0, 0.1) is 0 Å². The highest BCUT2D eigenvalue weighted by Gasteiger charge is 2.16. The molecular weight excluding hydrogens is 358 g/mol. The fourth-order valence-corrected chi connectivity index (χ4v) is 4.16. The highest BCUT2D eigenvalue weighted by atomic mass is 79.9. The van der Waals surface area contributed by atoms with Gasteiger partial charge in [-0.05, 0) is 44.5 Å². The first-order valence-corrected chi connectivity index (χ1v) is 7.30. The molecule has 0 amide bonds. The summed E-state index contributed by atoms with van der Waals surface area (Å²) in [4.78, 5) is 13.9. The summed E-state index contributed by atoms with van der Waals surface area (Å²) >= 11 is 8.21. The van der Waals surface area contributed by atoms with Gasteiger partial charge < -0.3 is 5.11 Å². The smallest absolute Gasteiger partial charge is 0.178 e. The van der Waals surface area contributed by atoms with E-state index >= 15 is 0 Å². The summed E-state index contributed by atoms with van der Waals surface area (Å²) in [5.74, 6) is 0.0733. The van der Waals surface area contributed by atoms with E-state index in [-0.39, 0.29) is 12.4 Å². The fourth-order valence-electron chi connectivity index (χ4n) is 1.31. The molecular formula is C10H13Br2NO2S. The number of halogens is 2. The van der Waals surface area contributed by atoms with Crippen LogP contribution in [0.25, 0.3) is 0 Å². The lowest BCUT2D eigenvalue weighted by atomic mass is 10.2. The van der Waals surface area contributed by atoms with Gasteiger partial charge in [0.15, 0.2) is 5.78 Å². The Morgan fingerprint density at radius 3 is 2.69 bits per heavy atom. The molecule has 90 valence electrons. The molecule has 6 heteroatoms. The number of carbonyl (C=O) groups excluding carboxylic acids is 1. The van der Waals surface area contributed by atoms with E-state index in [4.69, 9.17) is 5.11 Å². The number of likely N-dealkylation sites (N-methyl/N-ethyl adjacent to an activating group) is 1. The fraction of sp³-hybridized carbons (Fsp3) is 0.500. The molecule has 0 atom stereocenters. The van der Waals surface area contributed by atoms with Crippen molar-refractivity contribution in [1.29, 1.82) is 0 Å². The Kier molecular flexibility index (Phi) is 6.13. The maximum atomic E-state index is 12.0. The maximum Gasteiger partial charge on any atom is 0.178 e. The van der Waals surface area contributed by atoms with E-state index in [1.165, 1.54) is 11.3 Å². The molecule has 0 aliphatic rings. The van der Waals surface area contributed by atoms with Gasteiger partial charge in [0.2, 0.25) is 0 Å². The molecule has 0 fully saturated rings. The number of aliphatic hydroxyl groups is 1. The number of aliphatic hydroxyl groups excluding tert-OH is 1. The summed E-state index contributed by atoms with van der Waals surface area (Å²) in [6.07, 6.45) is 0. The lowest BCUT2D eigenvalue weighted by Crippen LogP contribution is -2.32. The minimum absolute atomic E-state index is 0.0733. The molecule has 0 radical (unpaired) electrons. The van der Waals surface area contributed by atoms with Crippen LogP contribution < -0.4 is 0 Å². The van der Waals surface area contributed by atoms with E-state index < -0.39 is 0 Å². The van der Waals surface area contributed by atoms with Gasteiger partial charge >= 0.3 is 0 Å². The number of thiophene rings is 1. The molecule has 0 aliphatic carbocycles. The molecule has 0 saturated heterocycles. The van der Waals surface area contributed by atoms with Crippen molar-refractivity contribution in [1.82, 2.24) is 4.90 Å². The quantitative estimate of drug-likeness (QED) is 0.782. The van der Waals surface area contributed by atoms with Gasteiger partial charge in [-0.25, -0.2) is 0 Å². The molecule has 0 unspecified atom stereocenters. The zero-order valence-electron chi connectivity index (χ0n) is 8.87. The molecule has 3 nitrogen and oxygen atoms in total. The SMILES string of the molecule is CCN(CCO)CC(=O)c1cc(Br)sc1Br. The summed E-state index contributed by atoms with van der Waals surface area (Å²) in [5.41, 5.74) is 0.702. The average Bonchev–Trinajstić information content (AvgIpc) is 2.57. The maximum absolute atomic E-state index is 12.0. The highest BCUT2D eigenvalue weighted by molar-refractivity contribution is 9.12. The Morgan fingerprint density at radius 2 is 2.25 bits per heavy atom. The van der Waals surface area contributed by atoms with Gasteiger partial charge in [0, 0.05) is 12.1 Å². The molecule has 0 spiro atoms. The highest BCUT2D eigenvalue weighted by Crippen LogP contribution is 2.32. The van der Waals surface area contributed by atoms with E-state index in [9.17, 15) is 4.79 Å². The third kappa shape index (κ3) is 3.92. The third-order valence-electron chi connectivity index (χ3n) is 2.19. The first-order valence-electron chi connectivity index (χ1n) is 4.89. The van der Waals surface area contributed by atoms with Crippen molar-refractivity contribution >= 4 is 49.0 Å². The van der Waals surface area contributed by atoms with Crippen molar-refractivity contribution in [3.8, 4) is 0 Å². The van der Waals surface area contributed by atoms with Gasteiger partial charge in [0.1, 0.15) is 0 Å². The van der Waals surface area contributed by atoms with Crippen LogP contribution in [-0.2, 0) is 0 Å². The van der Waals surface area contributed by atoms with E-state index in [0.29, 0.717) is 18.7 Å². The van der Waals surface area contributed by atoms with Crippen molar-refractivity contribution in [2.45, 2.75) is 6.92 Å². The Morgan fingerprint density at radius 1 is 1.56 bits per heavy atom. The molecule has 0 aromatic carbocycles. The minimum Gasteiger partial charge on any atom is -0.395 e. The lowest BCUT2D eigenvalue weighted by molar-refractivity contribution is 0.0919. The number of hydrogen-bond acceptors (Lipinski definition) is 4. The normalized spacial score (nSPS) is 11.1. The molecule has 1 rings (SSSR count). The monoisotopic (exact) mass is 369 g/mol. The average molecular weight is 371 g/mol.